The van der Waals surface area contributed by atoms with Crippen LogP contribution < -0.4 is 15.8 Å². The second-order valence-corrected chi connectivity index (χ2v) is 7.40. The Balaban J connectivity index is 0.00000484. The second kappa shape index (κ2) is 9.22. The van der Waals surface area contributed by atoms with E-state index in [4.69, 9.17) is 5.73 Å². The lowest BCUT2D eigenvalue weighted by molar-refractivity contribution is -0.126. The molecule has 0 saturated heterocycles. The molecule has 0 aliphatic carbocycles. The first-order valence-electron chi connectivity index (χ1n) is 7.32. The third-order valence-corrected chi connectivity index (χ3v) is 4.80. The fraction of sp³-hybridized carbons (Fsp3) is 0.533. The maximum atomic E-state index is 12.0. The fourth-order valence-electron chi connectivity index (χ4n) is 2.00. The SMILES string of the molecule is CCCC(C)(N)C(=O)NCCNS(=O)(=O)c1ccc(C)cc1.Cl. The lowest BCUT2D eigenvalue weighted by Crippen LogP contribution is -2.52. The molecule has 0 spiro atoms. The van der Waals surface area contributed by atoms with E-state index in [-0.39, 0.29) is 36.3 Å². The molecule has 0 radical (unpaired) electrons. The highest BCUT2D eigenvalue weighted by Crippen LogP contribution is 2.10. The number of carbonyl (C=O) groups excluding carboxylic acids is 1. The van der Waals surface area contributed by atoms with Gasteiger partial charge in [0, 0.05) is 13.1 Å². The minimum atomic E-state index is -3.55. The third kappa shape index (κ3) is 6.87. The van der Waals surface area contributed by atoms with Crippen molar-refractivity contribution in [2.24, 2.45) is 5.73 Å². The number of hydrogen-bond acceptors (Lipinski definition) is 4. The van der Waals surface area contributed by atoms with Crippen molar-refractivity contribution < 1.29 is 13.2 Å². The van der Waals surface area contributed by atoms with Crippen LogP contribution in [0, 0.1) is 6.92 Å². The van der Waals surface area contributed by atoms with Crippen molar-refractivity contribution in [3.8, 4) is 0 Å². The van der Waals surface area contributed by atoms with Gasteiger partial charge in [-0.15, -0.1) is 12.4 Å². The van der Waals surface area contributed by atoms with Crippen LogP contribution in [0.25, 0.3) is 0 Å². The van der Waals surface area contributed by atoms with Crippen LogP contribution in [0.3, 0.4) is 0 Å². The van der Waals surface area contributed by atoms with E-state index in [1.165, 1.54) is 0 Å². The van der Waals surface area contributed by atoms with Crippen molar-refractivity contribution in [3.63, 3.8) is 0 Å². The molecule has 0 heterocycles. The molecule has 1 aromatic rings. The number of nitrogens with two attached hydrogens (primary N) is 1. The molecule has 6 nitrogen and oxygen atoms in total. The molecule has 1 amide bonds. The van der Waals surface area contributed by atoms with E-state index in [0.29, 0.717) is 6.42 Å². The molecular formula is C15H26ClN3O3S. The molecule has 8 heteroatoms. The van der Waals surface area contributed by atoms with E-state index in [0.717, 1.165) is 12.0 Å². The van der Waals surface area contributed by atoms with Gasteiger partial charge in [0.25, 0.3) is 0 Å². The van der Waals surface area contributed by atoms with Crippen LogP contribution in [0.2, 0.25) is 0 Å². The van der Waals surface area contributed by atoms with E-state index in [1.54, 1.807) is 31.2 Å². The van der Waals surface area contributed by atoms with Gasteiger partial charge < -0.3 is 11.1 Å². The Morgan fingerprint density at radius 2 is 1.78 bits per heavy atom. The molecule has 0 bridgehead atoms. The van der Waals surface area contributed by atoms with E-state index in [2.05, 4.69) is 10.0 Å². The maximum Gasteiger partial charge on any atom is 0.240 e. The van der Waals surface area contributed by atoms with Crippen molar-refractivity contribution in [2.75, 3.05) is 13.1 Å². The van der Waals surface area contributed by atoms with Gasteiger partial charge >= 0.3 is 0 Å². The van der Waals surface area contributed by atoms with Gasteiger partial charge in [0.2, 0.25) is 15.9 Å². The van der Waals surface area contributed by atoms with Crippen molar-refractivity contribution in [2.45, 2.75) is 44.0 Å². The van der Waals surface area contributed by atoms with Crippen molar-refractivity contribution in [3.05, 3.63) is 29.8 Å². The van der Waals surface area contributed by atoms with Gasteiger partial charge in [-0.05, 0) is 32.4 Å². The van der Waals surface area contributed by atoms with Crippen LogP contribution in [0.4, 0.5) is 0 Å². The number of aryl methyl sites for hydroxylation is 1. The van der Waals surface area contributed by atoms with Gasteiger partial charge in [0.1, 0.15) is 0 Å². The highest BCUT2D eigenvalue weighted by Gasteiger charge is 2.26. The Morgan fingerprint density at radius 3 is 2.30 bits per heavy atom. The summed E-state index contributed by atoms with van der Waals surface area (Å²) >= 11 is 0. The van der Waals surface area contributed by atoms with Gasteiger partial charge in [-0.1, -0.05) is 31.0 Å². The molecule has 1 atom stereocenters. The molecule has 132 valence electrons. The fourth-order valence-corrected chi connectivity index (χ4v) is 3.03. The highest BCUT2D eigenvalue weighted by molar-refractivity contribution is 7.89. The molecule has 1 rings (SSSR count). The molecule has 0 fully saturated rings. The summed E-state index contributed by atoms with van der Waals surface area (Å²) in [6, 6.07) is 6.57. The predicted molar refractivity (Wildman–Crippen MR) is 94.1 cm³/mol. The van der Waals surface area contributed by atoms with E-state index >= 15 is 0 Å². The number of nitrogens with one attached hydrogen (secondary N) is 2. The van der Waals surface area contributed by atoms with Crippen LogP contribution >= 0.6 is 12.4 Å². The lowest BCUT2D eigenvalue weighted by Gasteiger charge is -2.22. The first kappa shape index (κ1) is 21.9. The quantitative estimate of drug-likeness (QED) is 0.606. The highest BCUT2D eigenvalue weighted by atomic mass is 35.5. The molecule has 0 aliphatic heterocycles. The van der Waals surface area contributed by atoms with Crippen LogP contribution in [0.15, 0.2) is 29.2 Å². The largest absolute Gasteiger partial charge is 0.353 e. The zero-order valence-corrected chi connectivity index (χ0v) is 15.4. The van der Waals surface area contributed by atoms with Gasteiger partial charge in [0.15, 0.2) is 0 Å². The van der Waals surface area contributed by atoms with Crippen LogP contribution in [-0.4, -0.2) is 33.0 Å². The number of amides is 1. The van der Waals surface area contributed by atoms with E-state index < -0.39 is 15.6 Å². The Hall–Kier alpha value is -1.15. The summed E-state index contributed by atoms with van der Waals surface area (Å²) in [5.41, 5.74) is 5.96. The monoisotopic (exact) mass is 363 g/mol. The summed E-state index contributed by atoms with van der Waals surface area (Å²) in [6.45, 7) is 5.82. The van der Waals surface area contributed by atoms with Gasteiger partial charge in [0.05, 0.1) is 10.4 Å². The Kier molecular flexibility index (Phi) is 8.76. The molecule has 0 saturated carbocycles. The molecule has 23 heavy (non-hydrogen) atoms. The average Bonchev–Trinajstić information content (AvgIpc) is 2.43. The van der Waals surface area contributed by atoms with Crippen LogP contribution in [0.1, 0.15) is 32.3 Å². The normalized spacial score (nSPS) is 13.7. The summed E-state index contributed by atoms with van der Waals surface area (Å²) in [7, 11) is -3.55. The Bertz CT molecular complexity index is 601. The number of halogens is 1. The third-order valence-electron chi connectivity index (χ3n) is 3.32. The summed E-state index contributed by atoms with van der Waals surface area (Å²) in [5, 5.41) is 2.65. The minimum Gasteiger partial charge on any atom is -0.353 e. The zero-order valence-electron chi connectivity index (χ0n) is 13.8. The smallest absolute Gasteiger partial charge is 0.240 e. The first-order chi connectivity index (χ1) is 10.2. The molecule has 4 N–H and O–H groups in total. The lowest BCUT2D eigenvalue weighted by atomic mass is 9.97. The molecule has 1 aromatic carbocycles. The van der Waals surface area contributed by atoms with Crippen LogP contribution in [-0.2, 0) is 14.8 Å². The Labute approximate surface area is 144 Å². The molecular weight excluding hydrogens is 338 g/mol. The topological polar surface area (TPSA) is 101 Å². The number of rotatable bonds is 8. The summed E-state index contributed by atoms with van der Waals surface area (Å²) in [6.07, 6.45) is 1.38. The Morgan fingerprint density at radius 1 is 1.22 bits per heavy atom. The summed E-state index contributed by atoms with van der Waals surface area (Å²) in [5.74, 6) is -0.274. The van der Waals surface area contributed by atoms with E-state index in [9.17, 15) is 13.2 Å². The second-order valence-electron chi connectivity index (χ2n) is 5.63. The summed E-state index contributed by atoms with van der Waals surface area (Å²) < 4.78 is 26.5. The first-order valence-corrected chi connectivity index (χ1v) is 8.81. The minimum absolute atomic E-state index is 0. The number of benzene rings is 1. The van der Waals surface area contributed by atoms with Crippen molar-refractivity contribution in [1.29, 1.82) is 0 Å². The summed E-state index contributed by atoms with van der Waals surface area (Å²) in [4.78, 5) is 12.1. The number of hydrogen-bond donors (Lipinski definition) is 3. The molecule has 0 aliphatic rings. The molecule has 0 aromatic heterocycles. The number of sulfonamides is 1. The van der Waals surface area contributed by atoms with Crippen molar-refractivity contribution >= 4 is 28.3 Å². The van der Waals surface area contributed by atoms with Gasteiger partial charge in [-0.3, -0.25) is 4.79 Å². The number of carbonyl (C=O) groups is 1. The van der Waals surface area contributed by atoms with Crippen molar-refractivity contribution in [1.82, 2.24) is 10.0 Å². The van der Waals surface area contributed by atoms with E-state index in [1.807, 2.05) is 13.8 Å². The predicted octanol–water partition coefficient (Wildman–Crippen LogP) is 1.33. The van der Waals surface area contributed by atoms with Gasteiger partial charge in [-0.25, -0.2) is 13.1 Å². The maximum absolute atomic E-state index is 12.0. The zero-order chi connectivity index (χ0) is 16.8. The molecule has 1 unspecified atom stereocenters. The van der Waals surface area contributed by atoms with Crippen LogP contribution in [0.5, 0.6) is 0 Å². The van der Waals surface area contributed by atoms with Gasteiger partial charge in [-0.2, -0.15) is 0 Å². The average molecular weight is 364 g/mol. The standard InChI is InChI=1S/C15H25N3O3S.ClH/c1-4-9-15(3,16)14(19)17-10-11-18-22(20,21)13-7-5-12(2)6-8-13;/h5-8,18H,4,9-11,16H2,1-3H3,(H,17,19);1H.